The summed E-state index contributed by atoms with van der Waals surface area (Å²) in [4.78, 5) is 14.5. The van der Waals surface area contributed by atoms with E-state index in [1.54, 1.807) is 0 Å². The first-order chi connectivity index (χ1) is 15.1. The Morgan fingerprint density at radius 3 is 2.53 bits per heavy atom. The maximum atomic E-state index is 5.76. The number of nitrogens with zero attached hydrogens (tertiary/aromatic N) is 4. The molecule has 1 atom stereocenters. The van der Waals surface area contributed by atoms with E-state index >= 15 is 0 Å². The van der Waals surface area contributed by atoms with Crippen LogP contribution < -0.4 is 5.32 Å². The Labute approximate surface area is 209 Å². The number of oxazole rings is 1. The smallest absolute Gasteiger partial charge is 0.208 e. The number of rotatable bonds is 6. The van der Waals surface area contributed by atoms with Gasteiger partial charge in [0.05, 0.1) is 12.2 Å². The molecule has 6 nitrogen and oxygen atoms in total. The van der Waals surface area contributed by atoms with Crippen molar-refractivity contribution in [2.75, 3.05) is 39.3 Å². The Morgan fingerprint density at radius 2 is 1.88 bits per heavy atom. The van der Waals surface area contributed by atoms with E-state index in [4.69, 9.17) is 9.41 Å². The van der Waals surface area contributed by atoms with E-state index in [1.807, 2.05) is 13.8 Å². The minimum absolute atomic E-state index is 0. The minimum Gasteiger partial charge on any atom is -0.444 e. The van der Waals surface area contributed by atoms with Crippen LogP contribution in [0.3, 0.4) is 0 Å². The Balaban J connectivity index is 0.00000289. The van der Waals surface area contributed by atoms with Gasteiger partial charge in [0.1, 0.15) is 5.76 Å². The van der Waals surface area contributed by atoms with Crippen LogP contribution in [0.5, 0.6) is 0 Å². The first-order valence-electron chi connectivity index (χ1n) is 11.9. The SMILES string of the molecule is CCNC(=NCC1CCN(Cc2nc(C)c(C)o2)CC1)N1CCC(c2ccccc2)C1.I. The third-order valence-corrected chi connectivity index (χ3v) is 6.73. The van der Waals surface area contributed by atoms with Gasteiger partial charge in [-0.1, -0.05) is 30.3 Å². The van der Waals surface area contributed by atoms with Crippen molar-refractivity contribution in [2.45, 2.75) is 52.5 Å². The number of hydrogen-bond donors (Lipinski definition) is 1. The average molecular weight is 552 g/mol. The lowest BCUT2D eigenvalue weighted by Gasteiger charge is -2.30. The summed E-state index contributed by atoms with van der Waals surface area (Å²) in [6.45, 7) is 13.1. The number of guanidine groups is 1. The largest absolute Gasteiger partial charge is 0.444 e. The number of aryl methyl sites for hydroxylation is 2. The molecule has 0 bridgehead atoms. The fourth-order valence-electron chi connectivity index (χ4n) is 4.72. The third kappa shape index (κ3) is 6.47. The van der Waals surface area contributed by atoms with E-state index in [2.05, 4.69) is 57.4 Å². The van der Waals surface area contributed by atoms with Gasteiger partial charge in [-0.15, -0.1) is 24.0 Å². The Kier molecular flexibility index (Phi) is 9.40. The van der Waals surface area contributed by atoms with Crippen LogP contribution in [0.1, 0.15) is 55.0 Å². The van der Waals surface area contributed by atoms with Gasteiger partial charge < -0.3 is 14.6 Å². The summed E-state index contributed by atoms with van der Waals surface area (Å²) >= 11 is 0. The van der Waals surface area contributed by atoms with E-state index in [0.717, 1.165) is 69.1 Å². The first-order valence-corrected chi connectivity index (χ1v) is 11.9. The fraction of sp³-hybridized carbons (Fsp3) is 0.600. The molecule has 3 heterocycles. The van der Waals surface area contributed by atoms with Gasteiger partial charge in [-0.05, 0) is 64.6 Å². The Morgan fingerprint density at radius 1 is 1.12 bits per heavy atom. The zero-order valence-electron chi connectivity index (χ0n) is 19.7. The van der Waals surface area contributed by atoms with Crippen molar-refractivity contribution in [2.24, 2.45) is 10.9 Å². The lowest BCUT2D eigenvalue weighted by Crippen LogP contribution is -2.41. The van der Waals surface area contributed by atoms with Crippen molar-refractivity contribution < 1.29 is 4.42 Å². The van der Waals surface area contributed by atoms with Crippen LogP contribution >= 0.6 is 24.0 Å². The fourth-order valence-corrected chi connectivity index (χ4v) is 4.72. The molecular weight excluding hydrogens is 513 g/mol. The van der Waals surface area contributed by atoms with Crippen LogP contribution in [-0.2, 0) is 6.54 Å². The second-order valence-electron chi connectivity index (χ2n) is 9.01. The average Bonchev–Trinajstić information content (AvgIpc) is 3.39. The highest BCUT2D eigenvalue weighted by Crippen LogP contribution is 2.27. The predicted octanol–water partition coefficient (Wildman–Crippen LogP) is 4.58. The van der Waals surface area contributed by atoms with Gasteiger partial charge >= 0.3 is 0 Å². The number of aromatic nitrogens is 1. The lowest BCUT2D eigenvalue weighted by molar-refractivity contribution is 0.166. The zero-order chi connectivity index (χ0) is 21.6. The van der Waals surface area contributed by atoms with E-state index in [0.29, 0.717) is 11.8 Å². The molecule has 0 aliphatic carbocycles. The molecular formula is C25H38IN5O. The molecule has 0 spiro atoms. The highest BCUT2D eigenvalue weighted by molar-refractivity contribution is 14.0. The van der Waals surface area contributed by atoms with Gasteiger partial charge in [0, 0.05) is 32.1 Å². The summed E-state index contributed by atoms with van der Waals surface area (Å²) in [5.74, 6) is 4.14. The number of likely N-dealkylation sites (tertiary alicyclic amines) is 2. The number of benzene rings is 1. The molecule has 2 saturated heterocycles. The molecule has 4 rings (SSSR count). The zero-order valence-corrected chi connectivity index (χ0v) is 22.0. The van der Waals surface area contributed by atoms with Crippen LogP contribution in [0.25, 0.3) is 0 Å². The second-order valence-corrected chi connectivity index (χ2v) is 9.01. The molecule has 0 saturated carbocycles. The van der Waals surface area contributed by atoms with Crippen molar-refractivity contribution >= 4 is 29.9 Å². The number of piperidine rings is 1. The van der Waals surface area contributed by atoms with Crippen LogP contribution in [0, 0.1) is 19.8 Å². The number of aliphatic imine (C=N–C) groups is 1. The van der Waals surface area contributed by atoms with Crippen LogP contribution in [0.4, 0.5) is 0 Å². The second kappa shape index (κ2) is 12.0. The van der Waals surface area contributed by atoms with Gasteiger partial charge in [-0.2, -0.15) is 0 Å². The van der Waals surface area contributed by atoms with Crippen molar-refractivity contribution in [1.29, 1.82) is 0 Å². The van der Waals surface area contributed by atoms with E-state index in [1.165, 1.54) is 24.8 Å². The molecule has 1 aromatic carbocycles. The Bertz CT molecular complexity index is 841. The van der Waals surface area contributed by atoms with Gasteiger partial charge in [0.15, 0.2) is 5.96 Å². The molecule has 2 aromatic rings. The highest BCUT2D eigenvalue weighted by atomic mass is 127. The third-order valence-electron chi connectivity index (χ3n) is 6.73. The molecule has 7 heteroatoms. The minimum atomic E-state index is 0. The van der Waals surface area contributed by atoms with E-state index in [9.17, 15) is 0 Å². The van der Waals surface area contributed by atoms with Crippen molar-refractivity contribution in [3.63, 3.8) is 0 Å². The van der Waals surface area contributed by atoms with Gasteiger partial charge in [0.25, 0.3) is 0 Å². The molecule has 2 aliphatic heterocycles. The number of halogens is 1. The molecule has 0 radical (unpaired) electrons. The monoisotopic (exact) mass is 551 g/mol. The molecule has 2 aliphatic rings. The summed E-state index contributed by atoms with van der Waals surface area (Å²) in [7, 11) is 0. The predicted molar refractivity (Wildman–Crippen MR) is 141 cm³/mol. The summed E-state index contributed by atoms with van der Waals surface area (Å²) < 4.78 is 5.76. The summed E-state index contributed by atoms with van der Waals surface area (Å²) in [5, 5.41) is 3.53. The van der Waals surface area contributed by atoms with E-state index < -0.39 is 0 Å². The molecule has 32 heavy (non-hydrogen) atoms. The quantitative estimate of drug-likeness (QED) is 0.324. The Hall–Kier alpha value is -1.61. The van der Waals surface area contributed by atoms with Crippen LogP contribution in [-0.4, -0.2) is 60.0 Å². The first kappa shape index (κ1) is 25.0. The van der Waals surface area contributed by atoms with Crippen molar-refractivity contribution in [3.05, 3.63) is 53.2 Å². The molecule has 0 amide bonds. The van der Waals surface area contributed by atoms with Crippen LogP contribution in [0.15, 0.2) is 39.7 Å². The summed E-state index contributed by atoms with van der Waals surface area (Å²) in [6, 6.07) is 10.9. The maximum absolute atomic E-state index is 5.76. The molecule has 1 aromatic heterocycles. The maximum Gasteiger partial charge on any atom is 0.208 e. The summed E-state index contributed by atoms with van der Waals surface area (Å²) in [6.07, 6.45) is 3.58. The molecule has 1 N–H and O–H groups in total. The van der Waals surface area contributed by atoms with Crippen LogP contribution in [0.2, 0.25) is 0 Å². The number of hydrogen-bond acceptors (Lipinski definition) is 4. The summed E-state index contributed by atoms with van der Waals surface area (Å²) in [5.41, 5.74) is 2.45. The lowest BCUT2D eigenvalue weighted by atomic mass is 9.97. The van der Waals surface area contributed by atoms with Gasteiger partial charge in [-0.25, -0.2) is 4.98 Å². The normalized spacial score (nSPS) is 20.4. The van der Waals surface area contributed by atoms with Gasteiger partial charge in [-0.3, -0.25) is 9.89 Å². The highest BCUT2D eigenvalue weighted by Gasteiger charge is 2.26. The van der Waals surface area contributed by atoms with Crippen molar-refractivity contribution in [1.82, 2.24) is 20.1 Å². The standard InChI is InChI=1S/C25H37N5O.HI/c1-4-26-25(30-15-12-23(17-30)22-8-6-5-7-9-22)27-16-21-10-13-29(14-11-21)18-24-28-19(2)20(3)31-24;/h5-9,21,23H,4,10-18H2,1-3H3,(H,26,27);1H. The molecule has 2 fully saturated rings. The van der Waals surface area contributed by atoms with Crippen molar-refractivity contribution in [3.8, 4) is 0 Å². The number of nitrogens with one attached hydrogen (secondary N) is 1. The topological polar surface area (TPSA) is 56.9 Å². The van der Waals surface area contributed by atoms with Gasteiger partial charge in [0.2, 0.25) is 5.89 Å². The van der Waals surface area contributed by atoms with E-state index in [-0.39, 0.29) is 24.0 Å². The molecule has 176 valence electrons. The molecule has 1 unspecified atom stereocenters.